The molecular weight excluding hydrogens is 594 g/mol. The predicted molar refractivity (Wildman–Crippen MR) is 188 cm³/mol. The third kappa shape index (κ3) is 8.33. The number of nitrogens with one attached hydrogen (secondary N) is 4. The molecule has 0 bridgehead atoms. The summed E-state index contributed by atoms with van der Waals surface area (Å²) in [5, 5.41) is 13.8. The van der Waals surface area contributed by atoms with Crippen molar-refractivity contribution in [1.82, 2.24) is 10.2 Å². The molecule has 0 saturated carbocycles. The van der Waals surface area contributed by atoms with Crippen molar-refractivity contribution in [2.75, 3.05) is 49.8 Å². The number of nitrogens with zero attached hydrogens (tertiary/aromatic N) is 1. The molecule has 1 saturated heterocycles. The lowest BCUT2D eigenvalue weighted by Crippen LogP contribution is -2.49. The van der Waals surface area contributed by atoms with Crippen LogP contribution < -0.4 is 30.7 Å². The van der Waals surface area contributed by atoms with Gasteiger partial charge in [0.15, 0.2) is 5.75 Å². The minimum absolute atomic E-state index is 0.277. The summed E-state index contributed by atoms with van der Waals surface area (Å²) >= 11 is 0. The van der Waals surface area contributed by atoms with Crippen LogP contribution in [0, 0.1) is 0 Å². The third-order valence-corrected chi connectivity index (χ3v) is 8.33. The topological polar surface area (TPSA) is 113 Å². The maximum absolute atomic E-state index is 13.4. The van der Waals surface area contributed by atoms with E-state index >= 15 is 0 Å². The second kappa shape index (κ2) is 14.7. The van der Waals surface area contributed by atoms with Gasteiger partial charge in [0.25, 0.3) is 0 Å². The standard InChI is InChI=1S/C37H45N5O5/c1-7-26-23-42(18-17-38-26)22-24-11-10-12-27(19-24)47-33-16-15-30(28-13-8-9-14-29(28)33)39-35(43)40-31-20-25(37(2,3)4)21-32(34(31)45-5)41-36(44)46-6/h8-16,19-21,26,38H,7,17-18,22-23H2,1-6H3,(H,41,44)(H2,39,40,43). The van der Waals surface area contributed by atoms with Crippen molar-refractivity contribution in [3.8, 4) is 17.2 Å². The summed E-state index contributed by atoms with van der Waals surface area (Å²) in [5.74, 6) is 1.75. The van der Waals surface area contributed by atoms with Crippen LogP contribution in [0.4, 0.5) is 26.7 Å². The smallest absolute Gasteiger partial charge is 0.411 e. The molecular formula is C37H45N5O5. The molecule has 5 rings (SSSR count). The van der Waals surface area contributed by atoms with E-state index in [0.29, 0.717) is 34.6 Å². The lowest BCUT2D eigenvalue weighted by Gasteiger charge is -2.33. The van der Waals surface area contributed by atoms with Gasteiger partial charge in [0.2, 0.25) is 0 Å². The lowest BCUT2D eigenvalue weighted by molar-refractivity contribution is 0.186. The highest BCUT2D eigenvalue weighted by atomic mass is 16.5. The fraction of sp³-hybridized carbons (Fsp3) is 0.351. The van der Waals surface area contributed by atoms with Crippen LogP contribution in [-0.4, -0.2) is 56.9 Å². The molecule has 4 aromatic carbocycles. The molecule has 10 nitrogen and oxygen atoms in total. The first kappa shape index (κ1) is 33.6. The van der Waals surface area contributed by atoms with Gasteiger partial charge in [-0.05, 0) is 59.4 Å². The summed E-state index contributed by atoms with van der Waals surface area (Å²) in [7, 11) is 2.77. The molecule has 0 spiro atoms. The molecule has 248 valence electrons. The van der Waals surface area contributed by atoms with Crippen LogP contribution in [0.2, 0.25) is 0 Å². The van der Waals surface area contributed by atoms with Crippen LogP contribution in [0.25, 0.3) is 10.8 Å². The molecule has 0 radical (unpaired) electrons. The average molecular weight is 640 g/mol. The Bertz CT molecular complexity index is 1730. The van der Waals surface area contributed by atoms with Crippen LogP contribution in [-0.2, 0) is 16.7 Å². The van der Waals surface area contributed by atoms with Gasteiger partial charge in [0, 0.05) is 43.0 Å². The average Bonchev–Trinajstić information content (AvgIpc) is 3.05. The molecule has 10 heteroatoms. The normalized spacial score (nSPS) is 15.1. The van der Waals surface area contributed by atoms with Gasteiger partial charge in [-0.25, -0.2) is 9.59 Å². The number of anilines is 3. The summed E-state index contributed by atoms with van der Waals surface area (Å²) in [4.78, 5) is 28.0. The second-order valence-electron chi connectivity index (χ2n) is 12.8. The molecule has 1 unspecified atom stereocenters. The molecule has 0 aromatic heterocycles. The highest BCUT2D eigenvalue weighted by Gasteiger charge is 2.23. The molecule has 1 aliphatic heterocycles. The van der Waals surface area contributed by atoms with Crippen molar-refractivity contribution < 1.29 is 23.8 Å². The van der Waals surface area contributed by atoms with Crippen molar-refractivity contribution in [3.05, 3.63) is 83.9 Å². The van der Waals surface area contributed by atoms with Crippen molar-refractivity contribution >= 4 is 40.0 Å². The maximum Gasteiger partial charge on any atom is 0.411 e. The van der Waals surface area contributed by atoms with E-state index in [1.165, 1.54) is 19.8 Å². The minimum atomic E-state index is -0.644. The van der Waals surface area contributed by atoms with Gasteiger partial charge >= 0.3 is 12.1 Å². The van der Waals surface area contributed by atoms with Crippen molar-refractivity contribution in [2.24, 2.45) is 0 Å². The number of piperazine rings is 1. The molecule has 3 amide bonds. The fourth-order valence-electron chi connectivity index (χ4n) is 5.78. The Morgan fingerprint density at radius 2 is 1.62 bits per heavy atom. The number of amides is 3. The Morgan fingerprint density at radius 3 is 2.32 bits per heavy atom. The first-order valence-corrected chi connectivity index (χ1v) is 16.0. The summed E-state index contributed by atoms with van der Waals surface area (Å²) in [6, 6.07) is 23.4. The highest BCUT2D eigenvalue weighted by Crippen LogP contribution is 2.39. The van der Waals surface area contributed by atoms with Gasteiger partial charge in [-0.3, -0.25) is 10.2 Å². The molecule has 4 N–H and O–H groups in total. The third-order valence-electron chi connectivity index (χ3n) is 8.33. The number of fused-ring (bicyclic) bond motifs is 1. The zero-order valence-electron chi connectivity index (χ0n) is 28.0. The minimum Gasteiger partial charge on any atom is -0.492 e. The number of urea groups is 1. The number of rotatable bonds is 9. The second-order valence-corrected chi connectivity index (χ2v) is 12.8. The van der Waals surface area contributed by atoms with Gasteiger partial charge < -0.3 is 30.2 Å². The van der Waals surface area contributed by atoms with E-state index < -0.39 is 12.1 Å². The van der Waals surface area contributed by atoms with E-state index in [-0.39, 0.29) is 5.41 Å². The first-order chi connectivity index (χ1) is 22.6. The summed E-state index contributed by atoms with van der Waals surface area (Å²) < 4.78 is 16.8. The predicted octanol–water partition coefficient (Wildman–Crippen LogP) is 7.94. The van der Waals surface area contributed by atoms with Gasteiger partial charge in [-0.2, -0.15) is 0 Å². The molecule has 1 fully saturated rings. The van der Waals surface area contributed by atoms with E-state index in [9.17, 15) is 9.59 Å². The van der Waals surface area contributed by atoms with Crippen LogP contribution in [0.5, 0.6) is 17.2 Å². The summed E-state index contributed by atoms with van der Waals surface area (Å²) in [5.41, 5.74) is 3.21. The number of hydrogen-bond acceptors (Lipinski definition) is 7. The Balaban J connectivity index is 1.36. The number of ether oxygens (including phenoxy) is 3. The fourth-order valence-corrected chi connectivity index (χ4v) is 5.78. The zero-order chi connectivity index (χ0) is 33.6. The summed E-state index contributed by atoms with van der Waals surface area (Å²) in [6.45, 7) is 12.3. The number of carbonyl (C=O) groups is 2. The van der Waals surface area contributed by atoms with E-state index in [1.54, 1.807) is 0 Å². The van der Waals surface area contributed by atoms with Gasteiger partial charge in [0.1, 0.15) is 11.5 Å². The van der Waals surface area contributed by atoms with Gasteiger partial charge in [0.05, 0.1) is 31.3 Å². The largest absolute Gasteiger partial charge is 0.492 e. The van der Waals surface area contributed by atoms with Crippen LogP contribution in [0.1, 0.15) is 45.2 Å². The molecule has 4 aromatic rings. The molecule has 1 heterocycles. The highest BCUT2D eigenvalue weighted by molar-refractivity contribution is 6.08. The van der Waals surface area contributed by atoms with E-state index in [1.807, 2.05) is 81.4 Å². The van der Waals surface area contributed by atoms with Crippen molar-refractivity contribution in [3.63, 3.8) is 0 Å². The maximum atomic E-state index is 13.4. The number of methoxy groups -OCH3 is 2. The Hall–Kier alpha value is -4.80. The quantitative estimate of drug-likeness (QED) is 0.147. The molecule has 0 aliphatic carbocycles. The first-order valence-electron chi connectivity index (χ1n) is 16.0. The number of benzene rings is 4. The SMILES string of the molecule is CCC1CN(Cc2cccc(Oc3ccc(NC(=O)Nc4cc(C(C)(C)C)cc(NC(=O)OC)c4OC)c4ccccc34)c2)CCN1. The monoisotopic (exact) mass is 639 g/mol. The molecule has 1 aliphatic rings. The molecule has 1 atom stereocenters. The number of hydrogen-bond donors (Lipinski definition) is 4. The Kier molecular flexibility index (Phi) is 10.5. The van der Waals surface area contributed by atoms with E-state index in [4.69, 9.17) is 14.2 Å². The van der Waals surface area contributed by atoms with Crippen LogP contribution in [0.3, 0.4) is 0 Å². The van der Waals surface area contributed by atoms with Crippen LogP contribution >= 0.6 is 0 Å². The Morgan fingerprint density at radius 1 is 0.894 bits per heavy atom. The Labute approximate surface area is 276 Å². The van der Waals surface area contributed by atoms with Gasteiger partial charge in [-0.1, -0.05) is 64.1 Å². The van der Waals surface area contributed by atoms with Crippen molar-refractivity contribution in [1.29, 1.82) is 0 Å². The van der Waals surface area contributed by atoms with Crippen molar-refractivity contribution in [2.45, 2.75) is 52.1 Å². The lowest BCUT2D eigenvalue weighted by atomic mass is 9.86. The van der Waals surface area contributed by atoms with Crippen LogP contribution in [0.15, 0.2) is 72.8 Å². The number of carbonyl (C=O) groups excluding carboxylic acids is 2. The van der Waals surface area contributed by atoms with Gasteiger partial charge in [-0.15, -0.1) is 0 Å². The zero-order valence-corrected chi connectivity index (χ0v) is 28.0. The summed E-state index contributed by atoms with van der Waals surface area (Å²) in [6.07, 6.45) is 0.475. The van der Waals surface area contributed by atoms with E-state index in [0.717, 1.165) is 54.7 Å². The molecule has 47 heavy (non-hydrogen) atoms. The van der Waals surface area contributed by atoms with E-state index in [2.05, 4.69) is 45.2 Å².